The largest absolute Gasteiger partial charge is 0.497 e. The fourth-order valence-corrected chi connectivity index (χ4v) is 4.29. The highest BCUT2D eigenvalue weighted by atomic mass is 16.6. The topological polar surface area (TPSA) is 105 Å². The van der Waals surface area contributed by atoms with E-state index in [1.54, 1.807) is 14.2 Å². The van der Waals surface area contributed by atoms with Gasteiger partial charge in [-0.2, -0.15) is 0 Å². The SMILES string of the molecule is COc1cc(C(OC(c2cc(OC)cc3oc(C)nc23)[C@@H]2CO2)[C@@H]2CO2)c2nc(C)oc2c1. The summed E-state index contributed by atoms with van der Waals surface area (Å²) in [6.07, 6.45) is -1.04. The second-order valence-corrected chi connectivity index (χ2v) is 8.31. The molecule has 9 heteroatoms. The number of oxazole rings is 2. The Morgan fingerprint density at radius 1 is 0.758 bits per heavy atom. The van der Waals surface area contributed by atoms with Crippen molar-refractivity contribution in [2.24, 2.45) is 0 Å². The first-order valence-corrected chi connectivity index (χ1v) is 10.8. The highest BCUT2D eigenvalue weighted by molar-refractivity contribution is 5.80. The van der Waals surface area contributed by atoms with E-state index in [1.165, 1.54) is 0 Å². The van der Waals surface area contributed by atoms with Crippen molar-refractivity contribution < 1.29 is 32.5 Å². The normalized spacial score (nSPS) is 21.3. The quantitative estimate of drug-likeness (QED) is 0.364. The molecule has 33 heavy (non-hydrogen) atoms. The highest BCUT2D eigenvalue weighted by Crippen LogP contribution is 2.45. The molecular weight excluding hydrogens is 428 g/mol. The zero-order valence-electron chi connectivity index (χ0n) is 18.8. The van der Waals surface area contributed by atoms with E-state index < -0.39 is 12.2 Å². The minimum Gasteiger partial charge on any atom is -0.497 e. The summed E-state index contributed by atoms with van der Waals surface area (Å²) in [5, 5.41) is 0. The third-order valence-electron chi connectivity index (χ3n) is 5.98. The summed E-state index contributed by atoms with van der Waals surface area (Å²) in [5.41, 5.74) is 4.46. The van der Waals surface area contributed by atoms with Crippen LogP contribution in [0, 0.1) is 13.8 Å². The molecule has 0 radical (unpaired) electrons. The maximum Gasteiger partial charge on any atom is 0.192 e. The Kier molecular flexibility index (Phi) is 4.79. The van der Waals surface area contributed by atoms with Gasteiger partial charge in [-0.15, -0.1) is 0 Å². The molecule has 2 aromatic carbocycles. The van der Waals surface area contributed by atoms with Gasteiger partial charge < -0.3 is 32.5 Å². The molecule has 0 aliphatic carbocycles. The van der Waals surface area contributed by atoms with Crippen LogP contribution >= 0.6 is 0 Å². The van der Waals surface area contributed by atoms with E-state index in [2.05, 4.69) is 9.97 Å². The van der Waals surface area contributed by atoms with E-state index in [9.17, 15) is 0 Å². The minimum absolute atomic E-state index is 0.112. The summed E-state index contributed by atoms with van der Waals surface area (Å²) in [4.78, 5) is 9.21. The van der Waals surface area contributed by atoms with Crippen molar-refractivity contribution in [2.45, 2.75) is 38.3 Å². The number of nitrogens with zero attached hydrogens (tertiary/aromatic N) is 2. The Balaban J connectivity index is 1.46. The van der Waals surface area contributed by atoms with Gasteiger partial charge in [-0.25, -0.2) is 9.97 Å². The molecular formula is C24H24N2O7. The average Bonchev–Trinajstić information content (AvgIpc) is 3.73. The maximum atomic E-state index is 6.78. The van der Waals surface area contributed by atoms with Gasteiger partial charge in [0.2, 0.25) is 0 Å². The first-order chi connectivity index (χ1) is 16.0. The monoisotopic (exact) mass is 452 g/mol. The molecule has 0 spiro atoms. The van der Waals surface area contributed by atoms with Gasteiger partial charge in [0.15, 0.2) is 22.9 Å². The number of ether oxygens (including phenoxy) is 5. The second-order valence-electron chi connectivity index (χ2n) is 8.31. The Morgan fingerprint density at radius 2 is 1.18 bits per heavy atom. The molecule has 9 nitrogen and oxygen atoms in total. The van der Waals surface area contributed by atoms with Gasteiger partial charge in [0, 0.05) is 37.1 Å². The molecule has 0 bridgehead atoms. The lowest BCUT2D eigenvalue weighted by molar-refractivity contribution is -0.0408. The molecule has 2 aromatic heterocycles. The lowest BCUT2D eigenvalue weighted by atomic mass is 10.0. The summed E-state index contributed by atoms with van der Waals surface area (Å²) in [6, 6.07) is 7.52. The number of benzene rings is 2. The van der Waals surface area contributed by atoms with E-state index in [0.717, 1.165) is 22.2 Å². The Labute approximate surface area is 189 Å². The Bertz CT molecular complexity index is 1230. The van der Waals surface area contributed by atoms with Crippen molar-refractivity contribution in [1.82, 2.24) is 9.97 Å². The summed E-state index contributed by atoms with van der Waals surface area (Å²) >= 11 is 0. The van der Waals surface area contributed by atoms with Crippen molar-refractivity contribution in [3.8, 4) is 11.5 Å². The van der Waals surface area contributed by atoms with Crippen LogP contribution < -0.4 is 9.47 Å². The molecule has 2 fully saturated rings. The first-order valence-electron chi connectivity index (χ1n) is 10.8. The van der Waals surface area contributed by atoms with Crippen LogP contribution in [0.15, 0.2) is 33.1 Å². The van der Waals surface area contributed by atoms with Crippen LogP contribution in [0.3, 0.4) is 0 Å². The van der Waals surface area contributed by atoms with Gasteiger partial charge in [0.1, 0.15) is 46.9 Å². The highest BCUT2D eigenvalue weighted by Gasteiger charge is 2.44. The molecule has 4 atom stereocenters. The predicted molar refractivity (Wildman–Crippen MR) is 117 cm³/mol. The van der Waals surface area contributed by atoms with E-state index in [0.29, 0.717) is 47.7 Å². The zero-order chi connectivity index (χ0) is 22.7. The Hall–Kier alpha value is -3.14. The van der Waals surface area contributed by atoms with Crippen LogP contribution in [0.4, 0.5) is 0 Å². The standard InChI is InChI=1S/C24H24N2O7/c1-11-25-21-15(5-13(27-3)7-17(21)31-11)23(19-9-29-19)33-24(20-10-30-20)16-6-14(28-4)8-18-22(16)26-12(2)32-18/h5-8,19-20,23-24H,9-10H2,1-4H3/t19-,20-,23?,24?/m0/s1. The molecule has 0 N–H and O–H groups in total. The van der Waals surface area contributed by atoms with Crippen molar-refractivity contribution in [3.05, 3.63) is 47.2 Å². The number of aryl methyl sites for hydroxylation is 2. The summed E-state index contributed by atoms with van der Waals surface area (Å²) in [5.74, 6) is 2.48. The third kappa shape index (κ3) is 3.72. The number of aromatic nitrogens is 2. The van der Waals surface area contributed by atoms with Gasteiger partial charge in [-0.3, -0.25) is 0 Å². The Morgan fingerprint density at radius 3 is 1.55 bits per heavy atom. The molecule has 0 amide bonds. The summed E-state index contributed by atoms with van der Waals surface area (Å²) in [7, 11) is 3.25. The number of rotatable bonds is 8. The molecule has 172 valence electrons. The molecule has 4 heterocycles. The lowest BCUT2D eigenvalue weighted by Gasteiger charge is -2.24. The van der Waals surface area contributed by atoms with Crippen molar-refractivity contribution in [2.75, 3.05) is 27.4 Å². The van der Waals surface area contributed by atoms with Crippen LogP contribution in [-0.2, 0) is 14.2 Å². The number of fused-ring (bicyclic) bond motifs is 2. The molecule has 2 aliphatic rings. The maximum absolute atomic E-state index is 6.78. The van der Waals surface area contributed by atoms with Gasteiger partial charge in [0.25, 0.3) is 0 Å². The molecule has 2 saturated heterocycles. The van der Waals surface area contributed by atoms with Crippen molar-refractivity contribution in [1.29, 1.82) is 0 Å². The summed E-state index contributed by atoms with van der Waals surface area (Å²) < 4.78 is 40.8. The van der Waals surface area contributed by atoms with Crippen LogP contribution in [0.2, 0.25) is 0 Å². The molecule has 0 saturated carbocycles. The molecule has 2 unspecified atom stereocenters. The first kappa shape index (κ1) is 20.5. The van der Waals surface area contributed by atoms with E-state index in [-0.39, 0.29) is 12.2 Å². The number of hydrogen-bond acceptors (Lipinski definition) is 9. The smallest absolute Gasteiger partial charge is 0.192 e. The molecule has 2 aliphatic heterocycles. The predicted octanol–water partition coefficient (Wildman–Crippen LogP) is 4.20. The number of methoxy groups -OCH3 is 2. The minimum atomic E-state index is -0.407. The zero-order valence-corrected chi connectivity index (χ0v) is 18.8. The van der Waals surface area contributed by atoms with Gasteiger partial charge in [0.05, 0.1) is 27.4 Å². The lowest BCUT2D eigenvalue weighted by Crippen LogP contribution is -2.20. The fraction of sp³-hybridized carbons (Fsp3) is 0.417. The van der Waals surface area contributed by atoms with Crippen molar-refractivity contribution >= 4 is 22.2 Å². The van der Waals surface area contributed by atoms with Crippen LogP contribution in [0.5, 0.6) is 11.5 Å². The van der Waals surface area contributed by atoms with Gasteiger partial charge in [-0.1, -0.05) is 0 Å². The van der Waals surface area contributed by atoms with Crippen LogP contribution in [-0.4, -0.2) is 49.6 Å². The van der Waals surface area contributed by atoms with Crippen LogP contribution in [0.25, 0.3) is 22.2 Å². The van der Waals surface area contributed by atoms with E-state index >= 15 is 0 Å². The molecule has 6 rings (SSSR count). The number of hydrogen-bond donors (Lipinski definition) is 0. The number of epoxide rings is 2. The summed E-state index contributed by atoms with van der Waals surface area (Å²) in [6.45, 7) is 4.82. The van der Waals surface area contributed by atoms with Gasteiger partial charge >= 0.3 is 0 Å². The van der Waals surface area contributed by atoms with Crippen LogP contribution in [0.1, 0.15) is 35.1 Å². The van der Waals surface area contributed by atoms with E-state index in [4.69, 9.17) is 32.5 Å². The van der Waals surface area contributed by atoms with Gasteiger partial charge in [-0.05, 0) is 12.1 Å². The third-order valence-corrected chi connectivity index (χ3v) is 5.98. The second kappa shape index (κ2) is 7.72. The van der Waals surface area contributed by atoms with E-state index in [1.807, 2.05) is 38.1 Å². The average molecular weight is 452 g/mol. The fourth-order valence-electron chi connectivity index (χ4n) is 4.29. The molecule has 4 aromatic rings. The van der Waals surface area contributed by atoms with Crippen molar-refractivity contribution in [3.63, 3.8) is 0 Å².